The van der Waals surface area contributed by atoms with Crippen LogP contribution in [0.5, 0.6) is 0 Å². The molecule has 21 heavy (non-hydrogen) atoms. The van der Waals surface area contributed by atoms with E-state index in [1.54, 1.807) is 7.05 Å². The Morgan fingerprint density at radius 2 is 1.95 bits per heavy atom. The maximum atomic E-state index is 12.9. The Labute approximate surface area is 124 Å². The van der Waals surface area contributed by atoms with Crippen LogP contribution in [0.1, 0.15) is 12.8 Å². The summed E-state index contributed by atoms with van der Waals surface area (Å²) in [5.41, 5.74) is 0.595. The van der Waals surface area contributed by atoms with Gasteiger partial charge in [0.25, 0.3) is 0 Å². The lowest BCUT2D eigenvalue weighted by molar-refractivity contribution is -0.123. The smallest absolute Gasteiger partial charge is 0.231 e. The third-order valence-corrected chi connectivity index (χ3v) is 5.02. The van der Waals surface area contributed by atoms with Crippen molar-refractivity contribution in [3.63, 3.8) is 0 Å². The molecular formula is C14H19FN2O3S. The highest BCUT2D eigenvalue weighted by atomic mass is 32.2. The molecule has 1 aromatic carbocycles. The van der Waals surface area contributed by atoms with E-state index in [0.29, 0.717) is 25.1 Å². The Balaban J connectivity index is 2.10. The maximum Gasteiger partial charge on any atom is 0.231 e. The molecule has 7 heteroatoms. The summed E-state index contributed by atoms with van der Waals surface area (Å²) in [5, 5.41) is 0. The molecule has 1 aliphatic heterocycles. The van der Waals surface area contributed by atoms with Crippen molar-refractivity contribution in [1.82, 2.24) is 4.31 Å². The van der Waals surface area contributed by atoms with Crippen molar-refractivity contribution in [2.75, 3.05) is 31.3 Å². The molecule has 0 aliphatic carbocycles. The molecule has 1 fully saturated rings. The van der Waals surface area contributed by atoms with Gasteiger partial charge < -0.3 is 4.90 Å². The average molecular weight is 314 g/mol. The number of sulfonamides is 1. The predicted octanol–water partition coefficient (Wildman–Crippen LogP) is 1.46. The maximum absolute atomic E-state index is 12.9. The van der Waals surface area contributed by atoms with Gasteiger partial charge in [0.15, 0.2) is 0 Å². The van der Waals surface area contributed by atoms with Gasteiger partial charge in [0.1, 0.15) is 5.82 Å². The van der Waals surface area contributed by atoms with Crippen LogP contribution in [0.3, 0.4) is 0 Å². The van der Waals surface area contributed by atoms with Crippen LogP contribution in [-0.4, -0.2) is 45.0 Å². The highest BCUT2D eigenvalue weighted by molar-refractivity contribution is 7.88. The molecule has 0 aromatic heterocycles. The minimum absolute atomic E-state index is 0.144. The van der Waals surface area contributed by atoms with Crippen LogP contribution < -0.4 is 4.90 Å². The van der Waals surface area contributed by atoms with Gasteiger partial charge in [-0.3, -0.25) is 4.79 Å². The molecule has 0 spiro atoms. The monoisotopic (exact) mass is 314 g/mol. The Morgan fingerprint density at radius 1 is 1.33 bits per heavy atom. The number of rotatable bonds is 3. The molecule has 5 nitrogen and oxygen atoms in total. The number of carbonyl (C=O) groups excluding carboxylic acids is 1. The molecule has 0 saturated carbocycles. The molecule has 0 N–H and O–H groups in total. The summed E-state index contributed by atoms with van der Waals surface area (Å²) in [6, 6.07) is 5.65. The third kappa shape index (κ3) is 3.79. The van der Waals surface area contributed by atoms with Crippen LogP contribution in [0, 0.1) is 11.7 Å². The number of nitrogens with zero attached hydrogens (tertiary/aromatic N) is 2. The van der Waals surface area contributed by atoms with E-state index >= 15 is 0 Å². The summed E-state index contributed by atoms with van der Waals surface area (Å²) in [6.07, 6.45) is 2.49. The van der Waals surface area contributed by atoms with Crippen LogP contribution in [0.4, 0.5) is 10.1 Å². The molecule has 1 atom stereocenters. The van der Waals surface area contributed by atoms with Crippen molar-refractivity contribution >= 4 is 21.6 Å². The summed E-state index contributed by atoms with van der Waals surface area (Å²) < 4.78 is 37.4. The van der Waals surface area contributed by atoms with Crippen LogP contribution in [-0.2, 0) is 14.8 Å². The van der Waals surface area contributed by atoms with Gasteiger partial charge in [-0.2, -0.15) is 0 Å². The van der Waals surface area contributed by atoms with E-state index in [4.69, 9.17) is 0 Å². The van der Waals surface area contributed by atoms with E-state index in [0.717, 1.165) is 6.26 Å². The lowest BCUT2D eigenvalue weighted by Gasteiger charge is -2.32. The second kappa shape index (κ2) is 6.11. The zero-order valence-electron chi connectivity index (χ0n) is 12.1. The highest BCUT2D eigenvalue weighted by Gasteiger charge is 2.32. The van der Waals surface area contributed by atoms with E-state index < -0.39 is 10.0 Å². The van der Waals surface area contributed by atoms with Gasteiger partial charge in [0.05, 0.1) is 12.2 Å². The fourth-order valence-electron chi connectivity index (χ4n) is 2.51. The van der Waals surface area contributed by atoms with Crippen molar-refractivity contribution in [1.29, 1.82) is 0 Å². The van der Waals surface area contributed by atoms with Crippen molar-refractivity contribution in [2.24, 2.45) is 5.92 Å². The number of hydrogen-bond donors (Lipinski definition) is 0. The van der Waals surface area contributed by atoms with Gasteiger partial charge in [-0.15, -0.1) is 0 Å². The first-order valence-electron chi connectivity index (χ1n) is 6.77. The van der Waals surface area contributed by atoms with Crippen LogP contribution in [0.15, 0.2) is 24.3 Å². The van der Waals surface area contributed by atoms with Gasteiger partial charge in [-0.25, -0.2) is 17.1 Å². The van der Waals surface area contributed by atoms with E-state index in [1.807, 2.05) is 0 Å². The number of piperidine rings is 1. The largest absolute Gasteiger partial charge is 0.315 e. The molecule has 1 amide bonds. The minimum atomic E-state index is -3.28. The summed E-state index contributed by atoms with van der Waals surface area (Å²) in [5.74, 6) is -0.862. The fourth-order valence-corrected chi connectivity index (χ4v) is 3.42. The number of benzene rings is 1. The number of hydrogen-bond acceptors (Lipinski definition) is 3. The molecule has 1 heterocycles. The normalized spacial score (nSPS) is 20.2. The number of carbonyl (C=O) groups is 1. The molecular weight excluding hydrogens is 295 g/mol. The van der Waals surface area contributed by atoms with Crippen LogP contribution in [0.2, 0.25) is 0 Å². The Bertz CT molecular complexity index is 616. The van der Waals surface area contributed by atoms with Crippen molar-refractivity contribution < 1.29 is 17.6 Å². The molecule has 2 rings (SSSR count). The first-order chi connectivity index (χ1) is 9.79. The fraction of sp³-hybridized carbons (Fsp3) is 0.500. The second-order valence-corrected chi connectivity index (χ2v) is 7.32. The first kappa shape index (κ1) is 15.9. The Morgan fingerprint density at radius 3 is 2.52 bits per heavy atom. The Hall–Kier alpha value is -1.47. The van der Waals surface area contributed by atoms with Crippen molar-refractivity contribution in [3.05, 3.63) is 30.1 Å². The third-order valence-electron chi connectivity index (χ3n) is 3.75. The van der Waals surface area contributed by atoms with Gasteiger partial charge in [0.2, 0.25) is 15.9 Å². The topological polar surface area (TPSA) is 57.7 Å². The summed E-state index contributed by atoms with van der Waals surface area (Å²) in [4.78, 5) is 13.9. The predicted molar refractivity (Wildman–Crippen MR) is 79.0 cm³/mol. The van der Waals surface area contributed by atoms with Crippen molar-refractivity contribution in [2.45, 2.75) is 12.8 Å². The zero-order chi connectivity index (χ0) is 15.6. The van der Waals surface area contributed by atoms with E-state index in [-0.39, 0.29) is 24.2 Å². The molecule has 1 aliphatic rings. The SMILES string of the molecule is CN(C(=O)[C@@H]1CCCN(S(C)(=O)=O)C1)c1ccc(F)cc1. The molecule has 0 bridgehead atoms. The van der Waals surface area contributed by atoms with Gasteiger partial charge in [0, 0.05) is 25.8 Å². The van der Waals surface area contributed by atoms with Crippen molar-refractivity contribution in [3.8, 4) is 0 Å². The van der Waals surface area contributed by atoms with E-state index in [1.165, 1.54) is 33.5 Å². The summed E-state index contributed by atoms with van der Waals surface area (Å²) >= 11 is 0. The number of halogens is 1. The minimum Gasteiger partial charge on any atom is -0.315 e. The first-order valence-corrected chi connectivity index (χ1v) is 8.62. The Kier molecular flexibility index (Phi) is 4.63. The van der Waals surface area contributed by atoms with Crippen LogP contribution in [0.25, 0.3) is 0 Å². The quantitative estimate of drug-likeness (QED) is 0.849. The standard InChI is InChI=1S/C14H19FN2O3S/c1-16(13-7-5-12(15)6-8-13)14(18)11-4-3-9-17(10-11)21(2,19)20/h5-8,11H,3-4,9-10H2,1-2H3/t11-/m1/s1. The molecule has 0 radical (unpaired) electrons. The van der Waals surface area contributed by atoms with E-state index in [2.05, 4.69) is 0 Å². The molecule has 116 valence electrons. The van der Waals surface area contributed by atoms with Gasteiger partial charge >= 0.3 is 0 Å². The lowest BCUT2D eigenvalue weighted by Crippen LogP contribution is -2.45. The van der Waals surface area contributed by atoms with Crippen LogP contribution >= 0.6 is 0 Å². The van der Waals surface area contributed by atoms with Gasteiger partial charge in [-0.05, 0) is 37.1 Å². The zero-order valence-corrected chi connectivity index (χ0v) is 12.9. The van der Waals surface area contributed by atoms with E-state index in [9.17, 15) is 17.6 Å². The summed E-state index contributed by atoms with van der Waals surface area (Å²) in [7, 11) is -1.66. The van der Waals surface area contributed by atoms with Gasteiger partial charge in [-0.1, -0.05) is 0 Å². The molecule has 1 aromatic rings. The number of anilines is 1. The average Bonchev–Trinajstić information content (AvgIpc) is 2.46. The molecule has 0 unspecified atom stereocenters. The second-order valence-electron chi connectivity index (χ2n) is 5.33. The summed E-state index contributed by atoms with van der Waals surface area (Å²) in [6.45, 7) is 0.673. The molecule has 1 saturated heterocycles. The number of amides is 1. The highest BCUT2D eigenvalue weighted by Crippen LogP contribution is 2.23. The lowest BCUT2D eigenvalue weighted by atomic mass is 9.98.